The van der Waals surface area contributed by atoms with Crippen molar-refractivity contribution < 1.29 is 9.18 Å². The molecule has 22 heavy (non-hydrogen) atoms. The van der Waals surface area contributed by atoms with Gasteiger partial charge in [-0.15, -0.1) is 0 Å². The Morgan fingerprint density at radius 1 is 1.09 bits per heavy atom. The molecule has 114 valence electrons. The van der Waals surface area contributed by atoms with Crippen LogP contribution in [-0.4, -0.2) is 42.0 Å². The highest BCUT2D eigenvalue weighted by Gasteiger charge is 2.23. The predicted molar refractivity (Wildman–Crippen MR) is 86.5 cm³/mol. The first-order valence-electron chi connectivity index (χ1n) is 7.04. The Kier molecular flexibility index (Phi) is 4.38. The third kappa shape index (κ3) is 3.11. The number of nitrogens with zero attached hydrogens (tertiary/aromatic N) is 3. The third-order valence-corrected chi connectivity index (χ3v) is 4.41. The molecule has 6 heteroatoms. The molecule has 2 aromatic rings. The van der Waals surface area contributed by atoms with Gasteiger partial charge in [0.05, 0.1) is 5.56 Å². The molecular weight excluding hydrogens is 349 g/mol. The first kappa shape index (κ1) is 15.0. The smallest absolute Gasteiger partial charge is 0.255 e. The lowest BCUT2D eigenvalue weighted by molar-refractivity contribution is 0.0746. The van der Waals surface area contributed by atoms with E-state index in [-0.39, 0.29) is 11.7 Å². The highest BCUT2D eigenvalue weighted by atomic mass is 79.9. The number of halogens is 2. The molecule has 2 heterocycles. The van der Waals surface area contributed by atoms with Gasteiger partial charge in [-0.1, -0.05) is 0 Å². The summed E-state index contributed by atoms with van der Waals surface area (Å²) in [7, 11) is 0. The molecular formula is C16H15BrFN3O. The number of rotatable bonds is 2. The molecule has 1 aromatic heterocycles. The van der Waals surface area contributed by atoms with E-state index in [1.165, 1.54) is 18.2 Å². The van der Waals surface area contributed by atoms with Gasteiger partial charge in [-0.3, -0.25) is 9.78 Å². The first-order valence-corrected chi connectivity index (χ1v) is 7.84. The Balaban J connectivity index is 1.67. The van der Waals surface area contributed by atoms with E-state index in [2.05, 4.69) is 25.8 Å². The Morgan fingerprint density at radius 3 is 2.41 bits per heavy atom. The number of pyridine rings is 1. The highest BCUT2D eigenvalue weighted by molar-refractivity contribution is 9.10. The van der Waals surface area contributed by atoms with E-state index in [9.17, 15) is 9.18 Å². The minimum Gasteiger partial charge on any atom is -0.368 e. The second-order valence-electron chi connectivity index (χ2n) is 5.11. The molecule has 1 amide bonds. The van der Waals surface area contributed by atoms with Crippen LogP contribution in [0.4, 0.5) is 10.1 Å². The van der Waals surface area contributed by atoms with Crippen LogP contribution in [0, 0.1) is 5.82 Å². The number of amides is 1. The average Bonchev–Trinajstić information content (AvgIpc) is 2.55. The molecule has 1 aliphatic heterocycles. The highest BCUT2D eigenvalue weighted by Crippen LogP contribution is 2.21. The Bertz CT molecular complexity index is 672. The van der Waals surface area contributed by atoms with Crippen molar-refractivity contribution in [1.82, 2.24) is 9.88 Å². The maximum absolute atomic E-state index is 13.1. The van der Waals surface area contributed by atoms with Gasteiger partial charge >= 0.3 is 0 Å². The molecule has 0 aliphatic carbocycles. The molecule has 0 N–H and O–H groups in total. The minimum absolute atomic E-state index is 0.0683. The molecule has 1 fully saturated rings. The van der Waals surface area contributed by atoms with Crippen LogP contribution in [0.2, 0.25) is 0 Å². The van der Waals surface area contributed by atoms with Crippen LogP contribution >= 0.6 is 15.9 Å². The summed E-state index contributed by atoms with van der Waals surface area (Å²) in [6.45, 7) is 2.83. The Labute approximate surface area is 136 Å². The lowest BCUT2D eigenvalue weighted by atomic mass is 10.1. The van der Waals surface area contributed by atoms with Gasteiger partial charge in [0.2, 0.25) is 0 Å². The zero-order valence-electron chi connectivity index (χ0n) is 11.9. The fourth-order valence-electron chi connectivity index (χ4n) is 2.56. The molecule has 0 saturated carbocycles. The predicted octanol–water partition coefficient (Wildman–Crippen LogP) is 2.95. The second-order valence-corrected chi connectivity index (χ2v) is 5.96. The quantitative estimate of drug-likeness (QED) is 0.822. The van der Waals surface area contributed by atoms with E-state index in [0.717, 1.165) is 18.8 Å². The monoisotopic (exact) mass is 363 g/mol. The van der Waals surface area contributed by atoms with Crippen LogP contribution in [0.25, 0.3) is 0 Å². The van der Waals surface area contributed by atoms with Gasteiger partial charge in [-0.2, -0.15) is 0 Å². The standard InChI is InChI=1S/C16H15BrFN3O/c17-15-11-12(18)1-2-14(15)16(22)21-9-7-20(8-10-21)13-3-5-19-6-4-13/h1-6,11H,7-10H2. The number of hydrogen-bond donors (Lipinski definition) is 0. The van der Waals surface area contributed by atoms with E-state index in [1.54, 1.807) is 17.3 Å². The average molecular weight is 364 g/mol. The van der Waals surface area contributed by atoms with E-state index < -0.39 is 0 Å². The fraction of sp³-hybridized carbons (Fsp3) is 0.250. The summed E-state index contributed by atoms with van der Waals surface area (Å²) in [4.78, 5) is 20.6. The summed E-state index contributed by atoms with van der Waals surface area (Å²) in [5.41, 5.74) is 1.61. The van der Waals surface area contributed by atoms with Crippen molar-refractivity contribution in [3.63, 3.8) is 0 Å². The molecule has 1 aromatic carbocycles. The largest absolute Gasteiger partial charge is 0.368 e. The normalized spacial score (nSPS) is 15.0. The van der Waals surface area contributed by atoms with Crippen molar-refractivity contribution in [3.8, 4) is 0 Å². The number of benzene rings is 1. The summed E-state index contributed by atoms with van der Waals surface area (Å²) < 4.78 is 13.6. The van der Waals surface area contributed by atoms with Crippen molar-refractivity contribution in [1.29, 1.82) is 0 Å². The summed E-state index contributed by atoms with van der Waals surface area (Å²) >= 11 is 3.26. The zero-order valence-corrected chi connectivity index (χ0v) is 13.5. The van der Waals surface area contributed by atoms with Crippen LogP contribution < -0.4 is 4.90 Å². The SMILES string of the molecule is O=C(c1ccc(F)cc1Br)N1CCN(c2ccncc2)CC1. The molecule has 0 bridgehead atoms. The molecule has 0 atom stereocenters. The van der Waals surface area contributed by atoms with Crippen LogP contribution in [0.1, 0.15) is 10.4 Å². The summed E-state index contributed by atoms with van der Waals surface area (Å²) in [6.07, 6.45) is 3.53. The van der Waals surface area contributed by atoms with Crippen molar-refractivity contribution in [3.05, 3.63) is 58.6 Å². The molecule has 4 nitrogen and oxygen atoms in total. The van der Waals surface area contributed by atoms with Crippen LogP contribution in [0.15, 0.2) is 47.2 Å². The van der Waals surface area contributed by atoms with Gasteiger partial charge in [-0.25, -0.2) is 4.39 Å². The summed E-state index contributed by atoms with van der Waals surface area (Å²) in [6, 6.07) is 8.09. The molecule has 3 rings (SSSR count). The maximum Gasteiger partial charge on any atom is 0.255 e. The van der Waals surface area contributed by atoms with E-state index >= 15 is 0 Å². The van der Waals surface area contributed by atoms with Gasteiger partial charge in [0.1, 0.15) is 5.82 Å². The molecule has 0 radical (unpaired) electrons. The van der Waals surface area contributed by atoms with Crippen molar-refractivity contribution in [2.24, 2.45) is 0 Å². The van der Waals surface area contributed by atoms with E-state index in [1.807, 2.05) is 12.1 Å². The number of hydrogen-bond acceptors (Lipinski definition) is 3. The number of aromatic nitrogens is 1. The molecule has 0 unspecified atom stereocenters. The number of carbonyl (C=O) groups excluding carboxylic acids is 1. The minimum atomic E-state index is -0.356. The molecule has 1 saturated heterocycles. The number of piperazine rings is 1. The fourth-order valence-corrected chi connectivity index (χ4v) is 3.08. The number of anilines is 1. The molecule has 0 spiro atoms. The summed E-state index contributed by atoms with van der Waals surface area (Å²) in [5, 5.41) is 0. The van der Waals surface area contributed by atoms with Crippen LogP contribution in [-0.2, 0) is 0 Å². The van der Waals surface area contributed by atoms with Crippen molar-refractivity contribution in [2.45, 2.75) is 0 Å². The van der Waals surface area contributed by atoms with E-state index in [0.29, 0.717) is 23.1 Å². The topological polar surface area (TPSA) is 36.4 Å². The van der Waals surface area contributed by atoms with Crippen LogP contribution in [0.5, 0.6) is 0 Å². The molecule has 1 aliphatic rings. The number of carbonyl (C=O) groups is 1. The van der Waals surface area contributed by atoms with E-state index in [4.69, 9.17) is 0 Å². The second kappa shape index (κ2) is 6.44. The Hall–Kier alpha value is -1.95. The lowest BCUT2D eigenvalue weighted by Crippen LogP contribution is -2.48. The summed E-state index contributed by atoms with van der Waals surface area (Å²) in [5.74, 6) is -0.424. The zero-order chi connectivity index (χ0) is 15.5. The van der Waals surface area contributed by atoms with Crippen molar-refractivity contribution in [2.75, 3.05) is 31.1 Å². The van der Waals surface area contributed by atoms with Gasteiger partial charge < -0.3 is 9.80 Å². The van der Waals surface area contributed by atoms with Crippen LogP contribution in [0.3, 0.4) is 0 Å². The maximum atomic E-state index is 13.1. The van der Waals surface area contributed by atoms with Gasteiger partial charge in [0.25, 0.3) is 5.91 Å². The Morgan fingerprint density at radius 2 is 1.77 bits per heavy atom. The van der Waals surface area contributed by atoms with Gasteiger partial charge in [0, 0.05) is 48.7 Å². The lowest BCUT2D eigenvalue weighted by Gasteiger charge is -2.36. The van der Waals surface area contributed by atoms with Gasteiger partial charge in [0.15, 0.2) is 0 Å². The van der Waals surface area contributed by atoms with Gasteiger partial charge in [-0.05, 0) is 46.3 Å². The first-order chi connectivity index (χ1) is 10.6. The third-order valence-electron chi connectivity index (χ3n) is 3.76. The van der Waals surface area contributed by atoms with Crippen molar-refractivity contribution >= 4 is 27.5 Å².